The lowest BCUT2D eigenvalue weighted by atomic mass is 10.1. The molecule has 5 nitrogen and oxygen atoms in total. The number of amides is 1. The predicted octanol–water partition coefficient (Wildman–Crippen LogP) is 4.64. The lowest BCUT2D eigenvalue weighted by molar-refractivity contribution is 0.0932. The molecule has 0 bridgehead atoms. The van der Waals surface area contributed by atoms with Gasteiger partial charge < -0.3 is 14.5 Å². The highest BCUT2D eigenvalue weighted by molar-refractivity contribution is 5.97. The largest absolute Gasteiger partial charge is 0.486 e. The van der Waals surface area contributed by atoms with Gasteiger partial charge in [-0.25, -0.2) is 4.98 Å². The van der Waals surface area contributed by atoms with Gasteiger partial charge in [-0.15, -0.1) is 0 Å². The first-order chi connectivity index (χ1) is 14.7. The fourth-order valence-electron chi connectivity index (χ4n) is 4.15. The van der Waals surface area contributed by atoms with Crippen LogP contribution in [0.4, 0.5) is 0 Å². The second kappa shape index (κ2) is 7.67. The van der Waals surface area contributed by atoms with Gasteiger partial charge in [-0.05, 0) is 54.7 Å². The standard InChI is InChI=1S/C25H23N3O2/c1-17-7-6-14-28-15-19(26-24(17)28)16-30-23-11-5-4-10-21(23)25(29)27-22-13-12-18-8-2-3-9-20(18)22/h2-11,14-15,22H,12-13,16H2,1H3,(H,27,29). The van der Waals surface area contributed by atoms with Crippen LogP contribution in [-0.2, 0) is 13.0 Å². The van der Waals surface area contributed by atoms with E-state index in [1.807, 2.05) is 66.2 Å². The van der Waals surface area contributed by atoms with Gasteiger partial charge in [0.05, 0.1) is 17.3 Å². The predicted molar refractivity (Wildman–Crippen MR) is 116 cm³/mol. The number of fused-ring (bicyclic) bond motifs is 2. The number of ether oxygens (including phenoxy) is 1. The minimum Gasteiger partial charge on any atom is -0.486 e. The molecular formula is C25H23N3O2. The first-order valence-electron chi connectivity index (χ1n) is 10.2. The molecule has 1 N–H and O–H groups in total. The maximum atomic E-state index is 13.0. The Morgan fingerprint density at radius 3 is 2.87 bits per heavy atom. The third kappa shape index (κ3) is 3.43. The lowest BCUT2D eigenvalue weighted by Crippen LogP contribution is -2.27. The van der Waals surface area contributed by atoms with Crippen LogP contribution in [0.2, 0.25) is 0 Å². The number of benzene rings is 2. The lowest BCUT2D eigenvalue weighted by Gasteiger charge is -2.16. The summed E-state index contributed by atoms with van der Waals surface area (Å²) in [5.74, 6) is 0.452. The molecule has 2 aromatic carbocycles. The van der Waals surface area contributed by atoms with Gasteiger partial charge in [0, 0.05) is 12.4 Å². The minimum absolute atomic E-state index is 0.0446. The van der Waals surface area contributed by atoms with E-state index < -0.39 is 0 Å². The Hall–Kier alpha value is -3.60. The Morgan fingerprint density at radius 2 is 1.97 bits per heavy atom. The van der Waals surface area contributed by atoms with Crippen molar-refractivity contribution < 1.29 is 9.53 Å². The molecule has 0 saturated carbocycles. The van der Waals surface area contributed by atoms with Crippen molar-refractivity contribution in [2.45, 2.75) is 32.4 Å². The quantitative estimate of drug-likeness (QED) is 0.534. The number of hydrogen-bond acceptors (Lipinski definition) is 3. The summed E-state index contributed by atoms with van der Waals surface area (Å²) in [6, 6.07) is 19.8. The van der Waals surface area contributed by atoms with E-state index in [1.54, 1.807) is 6.07 Å². The number of carbonyl (C=O) groups is 1. The molecule has 1 aliphatic rings. The van der Waals surface area contributed by atoms with Gasteiger partial charge in [0.2, 0.25) is 0 Å². The highest BCUT2D eigenvalue weighted by atomic mass is 16.5. The zero-order valence-corrected chi connectivity index (χ0v) is 16.8. The smallest absolute Gasteiger partial charge is 0.255 e. The van der Waals surface area contributed by atoms with E-state index in [-0.39, 0.29) is 11.9 Å². The third-order valence-corrected chi connectivity index (χ3v) is 5.67. The summed E-state index contributed by atoms with van der Waals surface area (Å²) in [7, 11) is 0. The number of para-hydroxylation sites is 1. The summed E-state index contributed by atoms with van der Waals surface area (Å²) in [4.78, 5) is 17.7. The van der Waals surface area contributed by atoms with Gasteiger partial charge in [0.1, 0.15) is 18.0 Å². The number of nitrogens with zero attached hydrogens (tertiary/aromatic N) is 2. The van der Waals surface area contributed by atoms with Crippen molar-refractivity contribution in [3.8, 4) is 5.75 Å². The average Bonchev–Trinajstić information content (AvgIpc) is 3.37. The van der Waals surface area contributed by atoms with Gasteiger partial charge in [0.15, 0.2) is 0 Å². The second-order valence-corrected chi connectivity index (χ2v) is 7.70. The van der Waals surface area contributed by atoms with Crippen molar-refractivity contribution in [3.63, 3.8) is 0 Å². The number of rotatable bonds is 5. The number of carbonyl (C=O) groups excluding carboxylic acids is 1. The maximum Gasteiger partial charge on any atom is 0.255 e. The van der Waals surface area contributed by atoms with Crippen LogP contribution >= 0.6 is 0 Å². The molecule has 150 valence electrons. The van der Waals surface area contributed by atoms with E-state index in [1.165, 1.54) is 11.1 Å². The average molecular weight is 397 g/mol. The topological polar surface area (TPSA) is 55.6 Å². The SMILES string of the molecule is Cc1cccn2cc(COc3ccccc3C(=O)NC3CCc4ccccc43)nc12. The molecule has 1 atom stereocenters. The first kappa shape index (κ1) is 18.4. The van der Waals surface area contributed by atoms with Crippen molar-refractivity contribution in [2.75, 3.05) is 0 Å². The van der Waals surface area contributed by atoms with Gasteiger partial charge in [-0.1, -0.05) is 42.5 Å². The molecule has 1 aliphatic carbocycles. The van der Waals surface area contributed by atoms with E-state index in [0.29, 0.717) is 17.9 Å². The molecule has 0 spiro atoms. The van der Waals surface area contributed by atoms with Crippen molar-refractivity contribution >= 4 is 11.6 Å². The number of aromatic nitrogens is 2. The molecule has 1 unspecified atom stereocenters. The highest BCUT2D eigenvalue weighted by Crippen LogP contribution is 2.31. The fourth-order valence-corrected chi connectivity index (χ4v) is 4.15. The normalized spacial score (nSPS) is 15.2. The van der Waals surface area contributed by atoms with Gasteiger partial charge in [-0.2, -0.15) is 0 Å². The van der Waals surface area contributed by atoms with Crippen LogP contribution in [0.1, 0.15) is 45.2 Å². The van der Waals surface area contributed by atoms with E-state index >= 15 is 0 Å². The van der Waals surface area contributed by atoms with Crippen molar-refractivity contribution in [1.82, 2.24) is 14.7 Å². The molecule has 1 amide bonds. The molecular weight excluding hydrogens is 374 g/mol. The number of hydrogen-bond donors (Lipinski definition) is 1. The Morgan fingerprint density at radius 1 is 1.13 bits per heavy atom. The monoisotopic (exact) mass is 397 g/mol. The highest BCUT2D eigenvalue weighted by Gasteiger charge is 2.24. The Balaban J connectivity index is 1.32. The summed E-state index contributed by atoms with van der Waals surface area (Å²) in [6.45, 7) is 2.34. The zero-order valence-electron chi connectivity index (χ0n) is 16.8. The van der Waals surface area contributed by atoms with Gasteiger partial charge >= 0.3 is 0 Å². The summed E-state index contributed by atoms with van der Waals surface area (Å²) in [6.07, 6.45) is 5.85. The van der Waals surface area contributed by atoms with Crippen molar-refractivity contribution in [3.05, 3.63) is 101 Å². The fraction of sp³-hybridized carbons (Fsp3) is 0.200. The molecule has 0 aliphatic heterocycles. The number of nitrogens with one attached hydrogen (secondary N) is 1. The number of aryl methyl sites for hydroxylation is 2. The van der Waals surface area contributed by atoms with Crippen molar-refractivity contribution in [1.29, 1.82) is 0 Å². The summed E-state index contributed by atoms with van der Waals surface area (Å²) in [5.41, 5.74) is 5.92. The van der Waals surface area contributed by atoms with Crippen molar-refractivity contribution in [2.24, 2.45) is 0 Å². The summed E-state index contributed by atoms with van der Waals surface area (Å²) < 4.78 is 8.00. The van der Waals surface area contributed by atoms with Gasteiger partial charge in [0.25, 0.3) is 5.91 Å². The van der Waals surface area contributed by atoms with E-state index in [9.17, 15) is 4.79 Å². The zero-order chi connectivity index (χ0) is 20.5. The molecule has 4 aromatic rings. The Kier molecular flexibility index (Phi) is 4.71. The molecule has 5 heteroatoms. The first-order valence-corrected chi connectivity index (χ1v) is 10.2. The number of pyridine rings is 1. The third-order valence-electron chi connectivity index (χ3n) is 5.67. The molecule has 5 rings (SSSR count). The van der Waals surface area contributed by atoms with E-state index in [0.717, 1.165) is 29.7 Å². The van der Waals surface area contributed by atoms with Gasteiger partial charge in [-0.3, -0.25) is 4.79 Å². The van der Waals surface area contributed by atoms with Crippen LogP contribution in [0.15, 0.2) is 73.1 Å². The minimum atomic E-state index is -0.113. The second-order valence-electron chi connectivity index (χ2n) is 7.70. The van der Waals surface area contributed by atoms with E-state index in [2.05, 4.69) is 22.4 Å². The maximum absolute atomic E-state index is 13.0. The molecule has 30 heavy (non-hydrogen) atoms. The summed E-state index contributed by atoms with van der Waals surface area (Å²) in [5, 5.41) is 3.18. The Bertz CT molecular complexity index is 1230. The van der Waals surface area contributed by atoms with Crippen LogP contribution in [0.25, 0.3) is 5.65 Å². The van der Waals surface area contributed by atoms with Crippen LogP contribution in [0, 0.1) is 6.92 Å². The van der Waals surface area contributed by atoms with Crippen LogP contribution < -0.4 is 10.1 Å². The molecule has 0 saturated heterocycles. The van der Waals surface area contributed by atoms with Crippen LogP contribution in [0.5, 0.6) is 5.75 Å². The van der Waals surface area contributed by atoms with Crippen LogP contribution in [-0.4, -0.2) is 15.3 Å². The van der Waals surface area contributed by atoms with E-state index in [4.69, 9.17) is 4.74 Å². The van der Waals surface area contributed by atoms with Crippen LogP contribution in [0.3, 0.4) is 0 Å². The summed E-state index contributed by atoms with van der Waals surface area (Å²) >= 11 is 0. The molecule has 0 radical (unpaired) electrons. The molecule has 2 aromatic heterocycles. The number of imidazole rings is 1. The molecule has 0 fully saturated rings. The Labute approximate surface area is 175 Å². The molecule has 2 heterocycles.